The van der Waals surface area contributed by atoms with Crippen molar-refractivity contribution in [2.75, 3.05) is 0 Å². The molecule has 0 unspecified atom stereocenters. The predicted molar refractivity (Wildman–Crippen MR) is 103 cm³/mol. The van der Waals surface area contributed by atoms with E-state index in [4.69, 9.17) is 0 Å². The fourth-order valence-corrected chi connectivity index (χ4v) is 3.80. The molecule has 134 valence electrons. The Balaban J connectivity index is 1.62. The minimum atomic E-state index is -0.156. The Hall–Kier alpha value is -2.82. The number of carbonyl (C=O) groups is 1. The van der Waals surface area contributed by atoms with Gasteiger partial charge in [0.15, 0.2) is 0 Å². The van der Waals surface area contributed by atoms with Crippen molar-refractivity contribution in [3.63, 3.8) is 0 Å². The second kappa shape index (κ2) is 6.48. The quantitative estimate of drug-likeness (QED) is 0.763. The smallest absolute Gasteiger partial charge is 0.255 e. The summed E-state index contributed by atoms with van der Waals surface area (Å²) in [6, 6.07) is 9.54. The van der Waals surface area contributed by atoms with Gasteiger partial charge in [0.05, 0.1) is 11.1 Å². The van der Waals surface area contributed by atoms with Crippen LogP contribution in [0.1, 0.15) is 45.7 Å². The fourth-order valence-electron chi connectivity index (χ4n) is 3.80. The van der Waals surface area contributed by atoms with Crippen LogP contribution in [0.4, 0.5) is 0 Å². The van der Waals surface area contributed by atoms with Crippen molar-refractivity contribution in [1.82, 2.24) is 14.9 Å². The van der Waals surface area contributed by atoms with Crippen LogP contribution in [-0.2, 0) is 26.4 Å². The number of pyridine rings is 1. The second-order valence-electron chi connectivity index (χ2n) is 7.06. The number of aromatic nitrogens is 2. The summed E-state index contributed by atoms with van der Waals surface area (Å²) >= 11 is 0. The Morgan fingerprint density at radius 2 is 2.00 bits per heavy atom. The molecular formula is C21H23N3O2. The minimum Gasteiger partial charge on any atom is -0.358 e. The van der Waals surface area contributed by atoms with E-state index in [9.17, 15) is 9.59 Å². The van der Waals surface area contributed by atoms with Gasteiger partial charge in [-0.05, 0) is 50.3 Å². The summed E-state index contributed by atoms with van der Waals surface area (Å²) in [5.41, 5.74) is 5.58. The molecular weight excluding hydrogens is 326 g/mol. The van der Waals surface area contributed by atoms with Gasteiger partial charge in [-0.25, -0.2) is 0 Å². The molecule has 5 heteroatoms. The highest BCUT2D eigenvalue weighted by molar-refractivity contribution is 6.06. The van der Waals surface area contributed by atoms with Crippen molar-refractivity contribution < 1.29 is 4.79 Å². The van der Waals surface area contributed by atoms with Gasteiger partial charge in [-0.2, -0.15) is 0 Å². The third-order valence-electron chi connectivity index (χ3n) is 5.45. The number of carbonyl (C=O) groups excluding carboxylic acids is 1. The van der Waals surface area contributed by atoms with E-state index in [2.05, 4.69) is 16.4 Å². The molecule has 1 aliphatic rings. The summed E-state index contributed by atoms with van der Waals surface area (Å²) in [4.78, 5) is 28.5. The summed E-state index contributed by atoms with van der Waals surface area (Å²) in [7, 11) is 1.74. The monoisotopic (exact) mass is 349 g/mol. The molecule has 0 radical (unpaired) electrons. The molecule has 1 aliphatic carbocycles. The third kappa shape index (κ3) is 2.73. The summed E-state index contributed by atoms with van der Waals surface area (Å²) in [5.74, 6) is -0.156. The maximum absolute atomic E-state index is 12.8. The van der Waals surface area contributed by atoms with E-state index < -0.39 is 0 Å². The first-order valence-corrected chi connectivity index (χ1v) is 9.12. The molecule has 0 spiro atoms. The lowest BCUT2D eigenvalue weighted by molar-refractivity contribution is 0.0952. The summed E-state index contributed by atoms with van der Waals surface area (Å²) < 4.78 is 1.60. The molecule has 4 rings (SSSR count). The number of nitrogens with zero attached hydrogens (tertiary/aromatic N) is 1. The number of rotatable bonds is 3. The lowest BCUT2D eigenvalue weighted by Crippen LogP contribution is -2.29. The zero-order chi connectivity index (χ0) is 18.3. The first kappa shape index (κ1) is 16.6. The number of hydrogen-bond acceptors (Lipinski definition) is 2. The van der Waals surface area contributed by atoms with Crippen LogP contribution in [0.2, 0.25) is 0 Å². The molecule has 0 saturated carbocycles. The molecule has 0 atom stereocenters. The van der Waals surface area contributed by atoms with Gasteiger partial charge in [0.2, 0.25) is 0 Å². The van der Waals surface area contributed by atoms with Gasteiger partial charge in [0, 0.05) is 35.9 Å². The van der Waals surface area contributed by atoms with Crippen LogP contribution in [-0.4, -0.2) is 15.5 Å². The van der Waals surface area contributed by atoms with Crippen LogP contribution in [0.25, 0.3) is 10.9 Å². The van der Waals surface area contributed by atoms with E-state index in [0.717, 1.165) is 29.4 Å². The van der Waals surface area contributed by atoms with Crippen molar-refractivity contribution >= 4 is 16.8 Å². The highest BCUT2D eigenvalue weighted by Crippen LogP contribution is 2.30. The van der Waals surface area contributed by atoms with Crippen molar-refractivity contribution in [1.29, 1.82) is 0 Å². The number of fused-ring (bicyclic) bond motifs is 3. The molecule has 0 fully saturated rings. The highest BCUT2D eigenvalue weighted by Gasteiger charge is 2.19. The molecule has 2 N–H and O–H groups in total. The Labute approximate surface area is 152 Å². The average molecular weight is 349 g/mol. The Morgan fingerprint density at radius 1 is 1.19 bits per heavy atom. The van der Waals surface area contributed by atoms with Crippen LogP contribution < -0.4 is 10.9 Å². The molecule has 26 heavy (non-hydrogen) atoms. The zero-order valence-corrected chi connectivity index (χ0v) is 15.2. The van der Waals surface area contributed by atoms with Crippen molar-refractivity contribution in [3.05, 3.63) is 68.8 Å². The normalized spacial score (nSPS) is 13.6. The van der Waals surface area contributed by atoms with Gasteiger partial charge >= 0.3 is 0 Å². The van der Waals surface area contributed by atoms with Gasteiger partial charge in [-0.15, -0.1) is 0 Å². The van der Waals surface area contributed by atoms with Gasteiger partial charge in [0.1, 0.15) is 0 Å². The highest BCUT2D eigenvalue weighted by atomic mass is 16.2. The number of aryl methyl sites for hydroxylation is 3. The predicted octanol–water partition coefficient (Wildman–Crippen LogP) is 2.98. The van der Waals surface area contributed by atoms with Gasteiger partial charge < -0.3 is 14.9 Å². The van der Waals surface area contributed by atoms with Gasteiger partial charge in [0.25, 0.3) is 11.5 Å². The van der Waals surface area contributed by atoms with Crippen LogP contribution in [0, 0.1) is 6.92 Å². The van der Waals surface area contributed by atoms with E-state index in [0.29, 0.717) is 11.1 Å². The van der Waals surface area contributed by atoms with Crippen LogP contribution in [0.3, 0.4) is 0 Å². The molecule has 2 heterocycles. The maximum atomic E-state index is 12.8. The van der Waals surface area contributed by atoms with Crippen LogP contribution in [0.15, 0.2) is 35.1 Å². The molecule has 1 aromatic carbocycles. The summed E-state index contributed by atoms with van der Waals surface area (Å²) in [6.07, 6.45) is 4.51. The van der Waals surface area contributed by atoms with Gasteiger partial charge in [-0.3, -0.25) is 9.59 Å². The van der Waals surface area contributed by atoms with E-state index in [1.807, 2.05) is 25.1 Å². The fraction of sp³-hybridized carbons (Fsp3) is 0.333. The average Bonchev–Trinajstić information content (AvgIpc) is 3.04. The number of aromatic amines is 1. The van der Waals surface area contributed by atoms with Crippen molar-refractivity contribution in [2.45, 2.75) is 39.2 Å². The second-order valence-corrected chi connectivity index (χ2v) is 7.06. The molecule has 1 amide bonds. The number of nitrogens with one attached hydrogen (secondary N) is 2. The minimum absolute atomic E-state index is 0.0705. The van der Waals surface area contributed by atoms with E-state index >= 15 is 0 Å². The topological polar surface area (TPSA) is 66.9 Å². The number of para-hydroxylation sites is 1. The Morgan fingerprint density at radius 3 is 2.85 bits per heavy atom. The molecule has 0 bridgehead atoms. The third-order valence-corrected chi connectivity index (χ3v) is 5.45. The SMILES string of the molecule is Cc1ccc(CNC(=O)c2cccc3c4c([nH]c23)CCCC4)c(=O)n1C. The zero-order valence-electron chi connectivity index (χ0n) is 15.2. The van der Waals surface area contributed by atoms with Crippen LogP contribution in [0.5, 0.6) is 0 Å². The van der Waals surface area contributed by atoms with Crippen molar-refractivity contribution in [3.8, 4) is 0 Å². The largest absolute Gasteiger partial charge is 0.358 e. The Kier molecular flexibility index (Phi) is 4.15. The molecule has 0 aliphatic heterocycles. The van der Waals surface area contributed by atoms with Crippen molar-refractivity contribution in [2.24, 2.45) is 7.05 Å². The lowest BCUT2D eigenvalue weighted by atomic mass is 9.95. The van der Waals surface area contributed by atoms with E-state index in [1.165, 1.54) is 24.1 Å². The summed E-state index contributed by atoms with van der Waals surface area (Å²) in [6.45, 7) is 2.11. The Bertz CT molecular complexity index is 1060. The molecule has 0 saturated heterocycles. The first-order valence-electron chi connectivity index (χ1n) is 9.12. The first-order chi connectivity index (χ1) is 12.6. The molecule has 2 aromatic heterocycles. The molecule has 5 nitrogen and oxygen atoms in total. The molecule has 3 aromatic rings. The summed E-state index contributed by atoms with van der Waals surface area (Å²) in [5, 5.41) is 4.05. The van der Waals surface area contributed by atoms with Gasteiger partial charge in [-0.1, -0.05) is 18.2 Å². The van der Waals surface area contributed by atoms with E-state index in [1.54, 1.807) is 17.7 Å². The van der Waals surface area contributed by atoms with Crippen LogP contribution >= 0.6 is 0 Å². The lowest BCUT2D eigenvalue weighted by Gasteiger charge is -2.10. The number of amides is 1. The maximum Gasteiger partial charge on any atom is 0.255 e. The number of hydrogen-bond donors (Lipinski definition) is 2. The number of benzene rings is 1. The number of H-pyrrole nitrogens is 1. The van der Waals surface area contributed by atoms with E-state index in [-0.39, 0.29) is 18.0 Å². The standard InChI is InChI=1S/C21H23N3O2/c1-13-10-11-14(21(26)24(13)2)12-22-20(25)17-8-5-7-16-15-6-3-4-9-18(15)23-19(16)17/h5,7-8,10-11,23H,3-4,6,9,12H2,1-2H3,(H,22,25).